The maximum atomic E-state index is 14.9. The zero-order valence-electron chi connectivity index (χ0n) is 19.9. The molecule has 10 heteroatoms. The number of esters is 1. The summed E-state index contributed by atoms with van der Waals surface area (Å²) in [5.41, 5.74) is 2.22. The summed E-state index contributed by atoms with van der Waals surface area (Å²) in [6.07, 6.45) is 3.65. The van der Waals surface area contributed by atoms with E-state index in [1.807, 2.05) is 38.1 Å². The van der Waals surface area contributed by atoms with Gasteiger partial charge in [0.25, 0.3) is 0 Å². The predicted octanol–water partition coefficient (Wildman–Crippen LogP) is 5.43. The molecule has 0 radical (unpaired) electrons. The van der Waals surface area contributed by atoms with Crippen molar-refractivity contribution in [3.8, 4) is 17.2 Å². The van der Waals surface area contributed by atoms with E-state index in [1.54, 1.807) is 23.1 Å². The van der Waals surface area contributed by atoms with E-state index in [0.29, 0.717) is 11.3 Å². The molecular weight excluding hydrogens is 475 g/mol. The second kappa shape index (κ2) is 10.7. The summed E-state index contributed by atoms with van der Waals surface area (Å²) in [6.45, 7) is -0.0183. The van der Waals surface area contributed by atoms with Crippen molar-refractivity contribution in [1.82, 2.24) is 14.8 Å². The highest BCUT2D eigenvalue weighted by molar-refractivity contribution is 5.93. The highest BCUT2D eigenvalue weighted by atomic mass is 19.3. The molecule has 4 aromatic rings. The van der Waals surface area contributed by atoms with Crippen LogP contribution in [0.2, 0.25) is 0 Å². The van der Waals surface area contributed by atoms with Crippen molar-refractivity contribution in [2.75, 3.05) is 13.7 Å². The maximum absolute atomic E-state index is 14.9. The van der Waals surface area contributed by atoms with Crippen molar-refractivity contribution in [2.24, 2.45) is 0 Å². The van der Waals surface area contributed by atoms with E-state index in [0.717, 1.165) is 17.3 Å². The molecule has 0 bridgehead atoms. The summed E-state index contributed by atoms with van der Waals surface area (Å²) >= 11 is 0. The van der Waals surface area contributed by atoms with Gasteiger partial charge in [-0.05, 0) is 41.8 Å². The van der Waals surface area contributed by atoms with E-state index in [-0.39, 0.29) is 34.7 Å². The number of aromatic nitrogens is 3. The third kappa shape index (κ3) is 5.27. The Kier molecular flexibility index (Phi) is 7.42. The maximum Gasteiger partial charge on any atom is 0.387 e. The summed E-state index contributed by atoms with van der Waals surface area (Å²) in [5, 5.41) is 4.12. The average molecular weight is 499 g/mol. The minimum absolute atomic E-state index is 0.0227. The summed E-state index contributed by atoms with van der Waals surface area (Å²) in [6, 6.07) is 11.5. The largest absolute Gasteiger partial charge is 0.481 e. The highest BCUT2D eigenvalue weighted by Gasteiger charge is 2.26. The molecule has 0 N–H and O–H groups in total. The number of alkyl halides is 2. The van der Waals surface area contributed by atoms with Crippen molar-refractivity contribution in [1.29, 1.82) is 0 Å². The van der Waals surface area contributed by atoms with E-state index in [9.17, 15) is 18.0 Å². The lowest BCUT2D eigenvalue weighted by atomic mass is 9.94. The van der Waals surface area contributed by atoms with Crippen molar-refractivity contribution >= 4 is 16.9 Å². The highest BCUT2D eigenvalue weighted by Crippen LogP contribution is 2.42. The molecule has 0 saturated heterocycles. The van der Waals surface area contributed by atoms with E-state index < -0.39 is 25.0 Å². The number of fused-ring (bicyclic) bond motifs is 1. The Balaban J connectivity index is 1.87. The van der Waals surface area contributed by atoms with Crippen LogP contribution < -0.4 is 9.47 Å². The third-order valence-electron chi connectivity index (χ3n) is 5.55. The van der Waals surface area contributed by atoms with Gasteiger partial charge in [0.2, 0.25) is 0 Å². The number of nitrogens with zero attached hydrogens (tertiary/aromatic N) is 3. The quantitative estimate of drug-likeness (QED) is 0.286. The van der Waals surface area contributed by atoms with Crippen LogP contribution in [0.3, 0.4) is 0 Å². The zero-order valence-corrected chi connectivity index (χ0v) is 19.9. The summed E-state index contributed by atoms with van der Waals surface area (Å²) in [4.78, 5) is 16.1. The van der Waals surface area contributed by atoms with Gasteiger partial charge in [-0.2, -0.15) is 13.9 Å². The minimum atomic E-state index is -3.19. The first-order valence-corrected chi connectivity index (χ1v) is 11.2. The molecule has 0 fully saturated rings. The molecule has 0 unspecified atom stereocenters. The topological polar surface area (TPSA) is 75.5 Å². The summed E-state index contributed by atoms with van der Waals surface area (Å²) in [7, 11) is 1.19. The molecule has 0 saturated carbocycles. The van der Waals surface area contributed by atoms with Crippen LogP contribution in [0.15, 0.2) is 54.9 Å². The fraction of sp³-hybridized carbons (Fsp3) is 0.269. The molecule has 0 atom stereocenters. The SMILES string of the molecule is COC(=O)COc1ccc(F)c2nc(C(C)C)c(Cc3ccc(-n4cccn4)cc3)c(OC(F)F)c12. The number of benzene rings is 2. The monoisotopic (exact) mass is 499 g/mol. The molecular formula is C26H24F3N3O4. The molecule has 2 heterocycles. The number of hydrogen-bond donors (Lipinski definition) is 0. The number of ether oxygens (including phenoxy) is 3. The number of rotatable bonds is 9. The van der Waals surface area contributed by atoms with Crippen LogP contribution in [0.4, 0.5) is 13.2 Å². The number of hydrogen-bond acceptors (Lipinski definition) is 6. The standard InChI is InChI=1S/C26H24F3N3O4/c1-15(2)23-18(13-16-5-7-17(8-6-16)32-12-4-11-30-32)25(36-26(28)29)22-20(35-14-21(33)34-3)10-9-19(27)24(22)31-23/h4-12,15,26H,13-14H2,1-3H3. The minimum Gasteiger partial charge on any atom is -0.481 e. The lowest BCUT2D eigenvalue weighted by Gasteiger charge is -2.21. The van der Waals surface area contributed by atoms with Gasteiger partial charge >= 0.3 is 12.6 Å². The van der Waals surface area contributed by atoms with Gasteiger partial charge in [0.15, 0.2) is 6.61 Å². The van der Waals surface area contributed by atoms with Gasteiger partial charge in [0.05, 0.1) is 23.9 Å². The number of carbonyl (C=O) groups excluding carboxylic acids is 1. The van der Waals surface area contributed by atoms with Crippen LogP contribution >= 0.6 is 0 Å². The fourth-order valence-corrected chi connectivity index (χ4v) is 3.91. The average Bonchev–Trinajstić information content (AvgIpc) is 3.39. The van der Waals surface area contributed by atoms with Gasteiger partial charge < -0.3 is 14.2 Å². The van der Waals surface area contributed by atoms with Gasteiger partial charge in [-0.1, -0.05) is 26.0 Å². The Morgan fingerprint density at radius 3 is 2.47 bits per heavy atom. The van der Waals surface area contributed by atoms with Gasteiger partial charge in [0.1, 0.15) is 22.8 Å². The predicted molar refractivity (Wildman–Crippen MR) is 126 cm³/mol. The molecule has 36 heavy (non-hydrogen) atoms. The zero-order chi connectivity index (χ0) is 25.8. The van der Waals surface area contributed by atoms with Crippen LogP contribution in [0, 0.1) is 5.82 Å². The first-order valence-electron chi connectivity index (χ1n) is 11.2. The second-order valence-corrected chi connectivity index (χ2v) is 8.27. The molecule has 0 amide bonds. The molecule has 2 aromatic carbocycles. The molecule has 4 rings (SSSR count). The first kappa shape index (κ1) is 25.0. The summed E-state index contributed by atoms with van der Waals surface area (Å²) in [5.74, 6) is -1.91. The smallest absolute Gasteiger partial charge is 0.387 e. The first-order chi connectivity index (χ1) is 17.3. The van der Waals surface area contributed by atoms with E-state index >= 15 is 0 Å². The lowest BCUT2D eigenvalue weighted by Crippen LogP contribution is -2.14. The summed E-state index contributed by atoms with van der Waals surface area (Å²) < 4.78 is 58.9. The van der Waals surface area contributed by atoms with Gasteiger partial charge in [0, 0.05) is 24.4 Å². The van der Waals surface area contributed by atoms with Crippen LogP contribution in [-0.2, 0) is 16.0 Å². The molecule has 2 aromatic heterocycles. The van der Waals surface area contributed by atoms with Crippen molar-refractivity contribution in [3.63, 3.8) is 0 Å². The van der Waals surface area contributed by atoms with Crippen LogP contribution in [0.1, 0.15) is 36.6 Å². The van der Waals surface area contributed by atoms with Gasteiger partial charge in [-0.25, -0.2) is 18.9 Å². The Morgan fingerprint density at radius 1 is 1.11 bits per heavy atom. The number of pyridine rings is 1. The third-order valence-corrected chi connectivity index (χ3v) is 5.55. The number of carbonyl (C=O) groups is 1. The Hall–Kier alpha value is -4.08. The second-order valence-electron chi connectivity index (χ2n) is 8.27. The molecule has 0 aliphatic heterocycles. The molecule has 0 spiro atoms. The fourth-order valence-electron chi connectivity index (χ4n) is 3.91. The van der Waals surface area contributed by atoms with Crippen LogP contribution in [0.25, 0.3) is 16.6 Å². The van der Waals surface area contributed by atoms with E-state index in [2.05, 4.69) is 14.8 Å². The van der Waals surface area contributed by atoms with E-state index in [1.165, 1.54) is 13.2 Å². The number of methoxy groups -OCH3 is 1. The van der Waals surface area contributed by atoms with Crippen LogP contribution in [0.5, 0.6) is 11.5 Å². The molecule has 188 valence electrons. The van der Waals surface area contributed by atoms with Crippen molar-refractivity contribution in [3.05, 3.63) is 77.5 Å². The lowest BCUT2D eigenvalue weighted by molar-refractivity contribution is -0.142. The van der Waals surface area contributed by atoms with Crippen LogP contribution in [-0.4, -0.2) is 41.1 Å². The normalized spacial score (nSPS) is 11.3. The molecule has 0 aliphatic rings. The Morgan fingerprint density at radius 2 is 1.86 bits per heavy atom. The Labute approximate surface area is 205 Å². The van der Waals surface area contributed by atoms with Crippen molar-refractivity contribution in [2.45, 2.75) is 32.8 Å². The number of halogens is 3. The van der Waals surface area contributed by atoms with Gasteiger partial charge in [-0.3, -0.25) is 0 Å². The molecule has 0 aliphatic carbocycles. The van der Waals surface area contributed by atoms with E-state index in [4.69, 9.17) is 9.47 Å². The Bertz CT molecular complexity index is 1360. The molecule has 7 nitrogen and oxygen atoms in total. The van der Waals surface area contributed by atoms with Crippen molar-refractivity contribution < 1.29 is 32.2 Å². The van der Waals surface area contributed by atoms with Gasteiger partial charge in [-0.15, -0.1) is 0 Å².